The molecule has 0 N–H and O–H groups in total. The van der Waals surface area contributed by atoms with Gasteiger partial charge in [-0.1, -0.05) is 24.3 Å². The van der Waals surface area contributed by atoms with Gasteiger partial charge in [-0.15, -0.1) is 0 Å². The normalized spacial score (nSPS) is 14.7. The average molecular weight is 316 g/mol. The molecular weight excluding hydrogens is 306 g/mol. The SMILES string of the molecule is Cc1cc(Br)c(N2C(=O)C=CC2=O)c2ccccc12. The number of hydrogen-bond donors (Lipinski definition) is 0. The van der Waals surface area contributed by atoms with Crippen molar-refractivity contribution in [2.75, 3.05) is 4.90 Å². The average Bonchev–Trinajstić information content (AvgIpc) is 2.71. The molecule has 1 heterocycles. The molecule has 0 saturated carbocycles. The molecule has 4 heteroatoms. The Bertz CT molecular complexity index is 731. The van der Waals surface area contributed by atoms with Gasteiger partial charge in [-0.2, -0.15) is 0 Å². The zero-order valence-corrected chi connectivity index (χ0v) is 11.8. The second-order valence-corrected chi connectivity index (χ2v) is 5.27. The number of carbonyl (C=O) groups excluding carboxylic acids is 2. The van der Waals surface area contributed by atoms with Crippen LogP contribution in [0.25, 0.3) is 10.8 Å². The molecule has 0 fully saturated rings. The monoisotopic (exact) mass is 315 g/mol. The predicted molar refractivity (Wildman–Crippen MR) is 78.0 cm³/mol. The smallest absolute Gasteiger partial charge is 0.258 e. The fourth-order valence-corrected chi connectivity index (χ4v) is 3.08. The fraction of sp³-hybridized carbons (Fsp3) is 0.0667. The van der Waals surface area contributed by atoms with Crippen LogP contribution in [0.1, 0.15) is 5.56 Å². The van der Waals surface area contributed by atoms with Crippen molar-refractivity contribution in [3.63, 3.8) is 0 Å². The molecule has 3 nitrogen and oxygen atoms in total. The third-order valence-corrected chi connectivity index (χ3v) is 3.81. The molecule has 94 valence electrons. The van der Waals surface area contributed by atoms with E-state index in [4.69, 9.17) is 0 Å². The molecule has 3 rings (SSSR count). The number of carbonyl (C=O) groups is 2. The molecular formula is C15H10BrNO2. The number of hydrogen-bond acceptors (Lipinski definition) is 2. The second-order valence-electron chi connectivity index (χ2n) is 4.41. The van der Waals surface area contributed by atoms with Crippen LogP contribution in [-0.2, 0) is 9.59 Å². The molecule has 2 aromatic rings. The Hall–Kier alpha value is -1.94. The molecule has 0 spiro atoms. The summed E-state index contributed by atoms with van der Waals surface area (Å²) in [6, 6.07) is 9.67. The van der Waals surface area contributed by atoms with Crippen LogP contribution in [0, 0.1) is 6.92 Å². The topological polar surface area (TPSA) is 37.4 Å². The summed E-state index contributed by atoms with van der Waals surface area (Å²) in [5.74, 6) is -0.612. The quantitative estimate of drug-likeness (QED) is 0.757. The number of anilines is 1. The van der Waals surface area contributed by atoms with E-state index in [1.807, 2.05) is 37.3 Å². The number of imide groups is 1. The Morgan fingerprint density at radius 1 is 1.00 bits per heavy atom. The molecule has 0 saturated heterocycles. The van der Waals surface area contributed by atoms with Gasteiger partial charge >= 0.3 is 0 Å². The summed E-state index contributed by atoms with van der Waals surface area (Å²) < 4.78 is 0.745. The highest BCUT2D eigenvalue weighted by Crippen LogP contribution is 2.37. The van der Waals surface area contributed by atoms with Crippen LogP contribution in [0.3, 0.4) is 0 Å². The second kappa shape index (κ2) is 4.31. The van der Waals surface area contributed by atoms with Crippen molar-refractivity contribution in [3.05, 3.63) is 52.5 Å². The van der Waals surface area contributed by atoms with E-state index < -0.39 is 0 Å². The number of rotatable bonds is 1. The minimum absolute atomic E-state index is 0.306. The zero-order valence-electron chi connectivity index (χ0n) is 10.2. The van der Waals surface area contributed by atoms with Crippen molar-refractivity contribution in [3.8, 4) is 0 Å². The van der Waals surface area contributed by atoms with Gasteiger partial charge in [0.2, 0.25) is 0 Å². The van der Waals surface area contributed by atoms with E-state index in [2.05, 4.69) is 15.9 Å². The van der Waals surface area contributed by atoms with E-state index in [0.717, 1.165) is 20.8 Å². The maximum Gasteiger partial charge on any atom is 0.258 e. The number of fused-ring (bicyclic) bond motifs is 1. The first kappa shape index (κ1) is 12.1. The van der Waals surface area contributed by atoms with Gasteiger partial charge in [0.15, 0.2) is 0 Å². The molecule has 0 aliphatic carbocycles. The molecule has 2 amide bonds. The van der Waals surface area contributed by atoms with E-state index in [-0.39, 0.29) is 11.8 Å². The minimum Gasteiger partial charge on any atom is -0.269 e. The van der Waals surface area contributed by atoms with Crippen LogP contribution in [0.4, 0.5) is 5.69 Å². The predicted octanol–water partition coefficient (Wildman–Crippen LogP) is 3.34. The Morgan fingerprint density at radius 2 is 1.58 bits per heavy atom. The molecule has 0 bridgehead atoms. The van der Waals surface area contributed by atoms with Crippen LogP contribution >= 0.6 is 15.9 Å². The molecule has 1 aliphatic heterocycles. The first-order valence-corrected chi connectivity index (χ1v) is 6.63. The summed E-state index contributed by atoms with van der Waals surface area (Å²) >= 11 is 3.46. The van der Waals surface area contributed by atoms with Crippen LogP contribution < -0.4 is 4.90 Å². The Morgan fingerprint density at radius 3 is 2.21 bits per heavy atom. The molecule has 0 aromatic heterocycles. The summed E-state index contributed by atoms with van der Waals surface area (Å²) in [4.78, 5) is 24.9. The van der Waals surface area contributed by atoms with Crippen LogP contribution in [0.2, 0.25) is 0 Å². The van der Waals surface area contributed by atoms with Crippen molar-refractivity contribution in [1.82, 2.24) is 0 Å². The third kappa shape index (κ3) is 1.79. The van der Waals surface area contributed by atoms with Crippen molar-refractivity contribution >= 4 is 44.2 Å². The number of amides is 2. The molecule has 1 aliphatic rings. The van der Waals surface area contributed by atoms with Crippen molar-refractivity contribution in [1.29, 1.82) is 0 Å². The lowest BCUT2D eigenvalue weighted by atomic mass is 10.0. The van der Waals surface area contributed by atoms with E-state index in [1.165, 1.54) is 17.1 Å². The minimum atomic E-state index is -0.306. The van der Waals surface area contributed by atoms with Gasteiger partial charge in [0.1, 0.15) is 0 Å². The highest BCUT2D eigenvalue weighted by Gasteiger charge is 2.28. The third-order valence-electron chi connectivity index (χ3n) is 3.21. The highest BCUT2D eigenvalue weighted by atomic mass is 79.9. The molecule has 2 aromatic carbocycles. The summed E-state index contributed by atoms with van der Waals surface area (Å²) in [6.45, 7) is 2.00. The van der Waals surface area contributed by atoms with Gasteiger partial charge in [-0.3, -0.25) is 9.59 Å². The molecule has 0 atom stereocenters. The lowest BCUT2D eigenvalue weighted by Crippen LogP contribution is -2.30. The number of nitrogens with zero attached hydrogens (tertiary/aromatic N) is 1. The van der Waals surface area contributed by atoms with Gasteiger partial charge in [-0.05, 0) is 39.9 Å². The maximum absolute atomic E-state index is 11.9. The fourth-order valence-electron chi connectivity index (χ4n) is 2.35. The zero-order chi connectivity index (χ0) is 13.6. The van der Waals surface area contributed by atoms with Crippen molar-refractivity contribution in [2.45, 2.75) is 6.92 Å². The van der Waals surface area contributed by atoms with E-state index in [0.29, 0.717) is 5.69 Å². The number of aryl methyl sites for hydroxylation is 1. The Balaban J connectivity index is 2.35. The highest BCUT2D eigenvalue weighted by molar-refractivity contribution is 9.10. The maximum atomic E-state index is 11.9. The van der Waals surface area contributed by atoms with Gasteiger partial charge < -0.3 is 0 Å². The van der Waals surface area contributed by atoms with Gasteiger partial charge in [-0.25, -0.2) is 4.90 Å². The first-order valence-electron chi connectivity index (χ1n) is 5.83. The molecule has 19 heavy (non-hydrogen) atoms. The van der Waals surface area contributed by atoms with Gasteiger partial charge in [0, 0.05) is 22.0 Å². The lowest BCUT2D eigenvalue weighted by Gasteiger charge is -2.19. The van der Waals surface area contributed by atoms with Gasteiger partial charge in [0.05, 0.1) is 5.69 Å². The summed E-state index contributed by atoms with van der Waals surface area (Å²) in [6.07, 6.45) is 2.59. The Kier molecular flexibility index (Phi) is 2.75. The Labute approximate surface area is 118 Å². The standard InChI is InChI=1S/C15H10BrNO2/c1-9-8-12(16)15(11-5-3-2-4-10(9)11)17-13(18)6-7-14(17)19/h2-8H,1H3. The van der Waals surface area contributed by atoms with Crippen molar-refractivity contribution < 1.29 is 9.59 Å². The largest absolute Gasteiger partial charge is 0.269 e. The van der Waals surface area contributed by atoms with Gasteiger partial charge in [0.25, 0.3) is 11.8 Å². The molecule has 0 unspecified atom stereocenters. The first-order chi connectivity index (χ1) is 9.09. The van der Waals surface area contributed by atoms with Crippen LogP contribution in [0.15, 0.2) is 47.0 Å². The van der Waals surface area contributed by atoms with Crippen molar-refractivity contribution in [2.24, 2.45) is 0 Å². The molecule has 0 radical (unpaired) electrons. The summed E-state index contributed by atoms with van der Waals surface area (Å²) in [5.41, 5.74) is 1.71. The van der Waals surface area contributed by atoms with E-state index in [1.54, 1.807) is 0 Å². The van der Waals surface area contributed by atoms with E-state index in [9.17, 15) is 9.59 Å². The van der Waals surface area contributed by atoms with Crippen LogP contribution in [0.5, 0.6) is 0 Å². The summed E-state index contributed by atoms with van der Waals surface area (Å²) in [7, 11) is 0. The number of benzene rings is 2. The summed E-state index contributed by atoms with van der Waals surface area (Å²) in [5, 5.41) is 1.92. The number of halogens is 1. The van der Waals surface area contributed by atoms with Crippen LogP contribution in [-0.4, -0.2) is 11.8 Å². The lowest BCUT2D eigenvalue weighted by molar-refractivity contribution is -0.119. The van der Waals surface area contributed by atoms with E-state index >= 15 is 0 Å².